The smallest absolute Gasteiger partial charge is 0.123 e. The average Bonchev–Trinajstić information content (AvgIpc) is 2.64. The summed E-state index contributed by atoms with van der Waals surface area (Å²) in [6, 6.07) is 0.280. The van der Waals surface area contributed by atoms with Gasteiger partial charge in [-0.1, -0.05) is 12.5 Å². The van der Waals surface area contributed by atoms with Crippen molar-refractivity contribution in [2.75, 3.05) is 6.54 Å². The predicted octanol–water partition coefficient (Wildman–Crippen LogP) is 2.42. The molecule has 78 valence electrons. The first-order valence-corrected chi connectivity index (χ1v) is 5.11. The van der Waals surface area contributed by atoms with Crippen LogP contribution in [0, 0.1) is 0 Å². The van der Waals surface area contributed by atoms with Gasteiger partial charge in [0.1, 0.15) is 5.82 Å². The van der Waals surface area contributed by atoms with E-state index in [1.54, 1.807) is 6.20 Å². The molecule has 3 heteroatoms. The highest BCUT2D eigenvalue weighted by atomic mass is 15.0. The van der Waals surface area contributed by atoms with Crippen LogP contribution in [0.3, 0.4) is 0 Å². The van der Waals surface area contributed by atoms with Gasteiger partial charge in [-0.3, -0.25) is 0 Å². The van der Waals surface area contributed by atoms with Crippen LogP contribution in [-0.2, 0) is 0 Å². The average molecular weight is 193 g/mol. The number of aromatic nitrogens is 2. The zero-order chi connectivity index (χ0) is 10.4. The zero-order valence-corrected chi connectivity index (χ0v) is 9.01. The van der Waals surface area contributed by atoms with E-state index < -0.39 is 0 Å². The van der Waals surface area contributed by atoms with Crippen molar-refractivity contribution in [3.05, 3.63) is 30.4 Å². The molecular formula is C11H19N3. The van der Waals surface area contributed by atoms with Crippen molar-refractivity contribution in [2.24, 2.45) is 0 Å². The van der Waals surface area contributed by atoms with E-state index >= 15 is 0 Å². The summed E-state index contributed by atoms with van der Waals surface area (Å²) in [5.41, 5.74) is 1.18. The van der Waals surface area contributed by atoms with Gasteiger partial charge in [0.15, 0.2) is 0 Å². The predicted molar refractivity (Wildman–Crippen MR) is 59.1 cm³/mol. The second kappa shape index (κ2) is 5.60. The van der Waals surface area contributed by atoms with Gasteiger partial charge in [0.25, 0.3) is 0 Å². The molecule has 14 heavy (non-hydrogen) atoms. The molecule has 3 nitrogen and oxygen atoms in total. The van der Waals surface area contributed by atoms with E-state index in [4.69, 9.17) is 0 Å². The highest BCUT2D eigenvalue weighted by Crippen LogP contribution is 2.16. The lowest BCUT2D eigenvalue weighted by Crippen LogP contribution is -2.23. The maximum atomic E-state index is 4.26. The Hall–Kier alpha value is -1.09. The van der Waals surface area contributed by atoms with Gasteiger partial charge < -0.3 is 10.3 Å². The van der Waals surface area contributed by atoms with Gasteiger partial charge in [-0.2, -0.15) is 0 Å². The van der Waals surface area contributed by atoms with Gasteiger partial charge in [-0.25, -0.2) is 4.98 Å². The Kier molecular flexibility index (Phi) is 4.40. The lowest BCUT2D eigenvalue weighted by molar-refractivity contribution is 0.507. The highest BCUT2D eigenvalue weighted by molar-refractivity contribution is 5.02. The monoisotopic (exact) mass is 193 g/mol. The Bertz CT molecular complexity index is 264. The molecule has 1 rings (SSSR count). The van der Waals surface area contributed by atoms with E-state index in [0.29, 0.717) is 0 Å². The van der Waals surface area contributed by atoms with Crippen molar-refractivity contribution in [1.29, 1.82) is 0 Å². The second-order valence-corrected chi connectivity index (χ2v) is 3.64. The maximum absolute atomic E-state index is 4.26. The molecule has 1 unspecified atom stereocenters. The van der Waals surface area contributed by atoms with E-state index in [1.165, 1.54) is 5.57 Å². The molecule has 1 atom stereocenters. The topological polar surface area (TPSA) is 40.7 Å². The Balaban J connectivity index is 2.57. The summed E-state index contributed by atoms with van der Waals surface area (Å²) in [4.78, 5) is 7.40. The van der Waals surface area contributed by atoms with Crippen LogP contribution in [0.1, 0.15) is 38.6 Å². The molecule has 1 aromatic rings. The van der Waals surface area contributed by atoms with Gasteiger partial charge in [0.2, 0.25) is 0 Å². The molecule has 0 saturated carbocycles. The first kappa shape index (κ1) is 11.0. The molecule has 0 amide bonds. The molecule has 1 heterocycles. The fourth-order valence-electron chi connectivity index (χ4n) is 1.40. The van der Waals surface area contributed by atoms with E-state index in [1.807, 2.05) is 13.1 Å². The summed E-state index contributed by atoms with van der Waals surface area (Å²) in [5, 5.41) is 3.45. The Morgan fingerprint density at radius 2 is 2.50 bits per heavy atom. The molecule has 0 aliphatic rings. The first-order valence-electron chi connectivity index (χ1n) is 5.11. The van der Waals surface area contributed by atoms with Crippen LogP contribution in [0.15, 0.2) is 24.5 Å². The number of rotatable bonds is 6. The van der Waals surface area contributed by atoms with Crippen LogP contribution < -0.4 is 5.32 Å². The van der Waals surface area contributed by atoms with Crippen molar-refractivity contribution in [1.82, 2.24) is 15.3 Å². The highest BCUT2D eigenvalue weighted by Gasteiger charge is 2.12. The minimum absolute atomic E-state index is 0.280. The number of hydrogen-bond acceptors (Lipinski definition) is 2. The van der Waals surface area contributed by atoms with Crippen molar-refractivity contribution >= 4 is 0 Å². The molecule has 0 aromatic carbocycles. The summed E-state index contributed by atoms with van der Waals surface area (Å²) in [6.45, 7) is 9.15. The molecular weight excluding hydrogens is 174 g/mol. The van der Waals surface area contributed by atoms with Gasteiger partial charge in [-0.05, 0) is 26.3 Å². The summed E-state index contributed by atoms with van der Waals surface area (Å²) in [7, 11) is 0. The lowest BCUT2D eigenvalue weighted by atomic mass is 10.1. The zero-order valence-electron chi connectivity index (χ0n) is 9.01. The van der Waals surface area contributed by atoms with E-state index in [-0.39, 0.29) is 6.04 Å². The minimum Gasteiger partial charge on any atom is -0.347 e. The molecule has 0 aliphatic heterocycles. The summed E-state index contributed by atoms with van der Waals surface area (Å²) in [5.74, 6) is 1.00. The van der Waals surface area contributed by atoms with Crippen molar-refractivity contribution in [3.63, 3.8) is 0 Å². The van der Waals surface area contributed by atoms with Crippen molar-refractivity contribution in [3.8, 4) is 0 Å². The molecule has 0 saturated heterocycles. The Morgan fingerprint density at radius 3 is 3.00 bits per heavy atom. The third-order valence-electron chi connectivity index (χ3n) is 2.04. The SMILES string of the molecule is C=C(C)CC(NCCC)c1ncc[nH]1. The number of H-pyrrole nitrogens is 1. The van der Waals surface area contributed by atoms with E-state index in [9.17, 15) is 0 Å². The molecule has 2 N–H and O–H groups in total. The minimum atomic E-state index is 0.280. The fourth-order valence-corrected chi connectivity index (χ4v) is 1.40. The third-order valence-corrected chi connectivity index (χ3v) is 2.04. The standard InChI is InChI=1S/C11H19N3/c1-4-5-12-10(8-9(2)3)11-13-6-7-14-11/h6-7,10,12H,2,4-5,8H2,1,3H3,(H,13,14). The Morgan fingerprint density at radius 1 is 1.71 bits per heavy atom. The van der Waals surface area contributed by atoms with Gasteiger partial charge in [-0.15, -0.1) is 6.58 Å². The maximum Gasteiger partial charge on any atom is 0.123 e. The molecule has 0 aliphatic carbocycles. The number of nitrogens with one attached hydrogen (secondary N) is 2. The summed E-state index contributed by atoms with van der Waals surface area (Å²) >= 11 is 0. The second-order valence-electron chi connectivity index (χ2n) is 3.64. The van der Waals surface area contributed by atoms with Crippen LogP contribution in [0.5, 0.6) is 0 Å². The molecule has 1 aromatic heterocycles. The molecule has 0 bridgehead atoms. The van der Waals surface area contributed by atoms with Gasteiger partial charge in [0.05, 0.1) is 6.04 Å². The largest absolute Gasteiger partial charge is 0.347 e. The van der Waals surface area contributed by atoms with Crippen molar-refractivity contribution < 1.29 is 0 Å². The van der Waals surface area contributed by atoms with Crippen LogP contribution >= 0.6 is 0 Å². The van der Waals surface area contributed by atoms with Gasteiger partial charge in [0, 0.05) is 12.4 Å². The summed E-state index contributed by atoms with van der Waals surface area (Å²) < 4.78 is 0. The van der Waals surface area contributed by atoms with Crippen molar-refractivity contribution in [2.45, 2.75) is 32.7 Å². The van der Waals surface area contributed by atoms with Crippen LogP contribution in [0.25, 0.3) is 0 Å². The quantitative estimate of drug-likeness (QED) is 0.681. The van der Waals surface area contributed by atoms with Gasteiger partial charge >= 0.3 is 0 Å². The molecule has 0 spiro atoms. The van der Waals surface area contributed by atoms with E-state index in [2.05, 4.69) is 28.8 Å². The molecule has 0 fully saturated rings. The number of imidazole rings is 1. The fraction of sp³-hybridized carbons (Fsp3) is 0.545. The number of hydrogen-bond donors (Lipinski definition) is 2. The van der Waals surface area contributed by atoms with Crippen LogP contribution in [0.4, 0.5) is 0 Å². The normalized spacial score (nSPS) is 12.7. The van der Waals surface area contributed by atoms with Crippen LogP contribution in [0.2, 0.25) is 0 Å². The third kappa shape index (κ3) is 3.34. The number of aromatic amines is 1. The van der Waals surface area contributed by atoms with E-state index in [0.717, 1.165) is 25.2 Å². The first-order chi connectivity index (χ1) is 6.74. The summed E-state index contributed by atoms with van der Waals surface area (Å²) in [6.07, 6.45) is 5.71. The number of nitrogens with zero attached hydrogens (tertiary/aromatic N) is 1. The lowest BCUT2D eigenvalue weighted by Gasteiger charge is -2.15. The van der Waals surface area contributed by atoms with Crippen LogP contribution in [-0.4, -0.2) is 16.5 Å². The molecule has 0 radical (unpaired) electrons. The Labute approximate surface area is 85.6 Å².